The Morgan fingerprint density at radius 3 is 2.78 bits per heavy atom. The van der Waals surface area contributed by atoms with E-state index in [1.54, 1.807) is 0 Å². The molecule has 2 aromatic rings. The van der Waals surface area contributed by atoms with Crippen LogP contribution in [-0.4, -0.2) is 41.4 Å². The Kier molecular flexibility index (Phi) is 3.99. The molecule has 2 N–H and O–H groups in total. The van der Waals surface area contributed by atoms with Crippen molar-refractivity contribution in [1.29, 1.82) is 0 Å². The van der Waals surface area contributed by atoms with Gasteiger partial charge >= 0.3 is 0 Å². The smallest absolute Gasteiger partial charge is 0.0718 e. The molecule has 1 heterocycles. The number of para-hydroxylation sites is 1. The molecule has 0 fully saturated rings. The molecule has 18 heavy (non-hydrogen) atoms. The summed E-state index contributed by atoms with van der Waals surface area (Å²) >= 11 is 0. The Hall–Kier alpha value is -1.39. The van der Waals surface area contributed by atoms with Gasteiger partial charge in [0.1, 0.15) is 0 Å². The number of aromatic nitrogens is 2. The molecule has 4 heteroatoms. The number of hydrogen-bond donors (Lipinski definition) is 1. The van der Waals surface area contributed by atoms with Gasteiger partial charge in [0, 0.05) is 24.9 Å². The second kappa shape index (κ2) is 5.50. The van der Waals surface area contributed by atoms with Gasteiger partial charge in [-0.3, -0.25) is 4.68 Å². The molecule has 0 saturated heterocycles. The highest BCUT2D eigenvalue weighted by atomic mass is 15.3. The Labute approximate surface area is 108 Å². The summed E-state index contributed by atoms with van der Waals surface area (Å²) in [6, 6.07) is 8.48. The van der Waals surface area contributed by atoms with E-state index in [-0.39, 0.29) is 6.04 Å². The van der Waals surface area contributed by atoms with Crippen LogP contribution in [-0.2, 0) is 13.5 Å². The summed E-state index contributed by atoms with van der Waals surface area (Å²) < 4.78 is 1.93. The molecule has 0 aliphatic rings. The molecule has 0 bridgehead atoms. The first-order valence-electron chi connectivity index (χ1n) is 6.39. The van der Waals surface area contributed by atoms with Gasteiger partial charge in [0.15, 0.2) is 0 Å². The zero-order valence-corrected chi connectivity index (χ0v) is 11.4. The molecule has 2 rings (SSSR count). The SMILES string of the molecule is CN(C)CCC(N)Cc1nn(C)c2ccccc12. The number of aryl methyl sites for hydroxylation is 1. The first-order chi connectivity index (χ1) is 8.58. The van der Waals surface area contributed by atoms with E-state index in [9.17, 15) is 0 Å². The van der Waals surface area contributed by atoms with Gasteiger partial charge < -0.3 is 10.6 Å². The predicted molar refractivity (Wildman–Crippen MR) is 75.6 cm³/mol. The van der Waals surface area contributed by atoms with Gasteiger partial charge in [-0.1, -0.05) is 18.2 Å². The highest BCUT2D eigenvalue weighted by Gasteiger charge is 2.12. The quantitative estimate of drug-likeness (QED) is 0.867. The molecule has 0 radical (unpaired) electrons. The molecular formula is C14H22N4. The molecule has 1 aromatic heterocycles. The van der Waals surface area contributed by atoms with Crippen molar-refractivity contribution in [2.45, 2.75) is 18.9 Å². The summed E-state index contributed by atoms with van der Waals surface area (Å²) in [4.78, 5) is 2.16. The fraction of sp³-hybridized carbons (Fsp3) is 0.500. The third kappa shape index (κ3) is 2.89. The lowest BCUT2D eigenvalue weighted by atomic mass is 10.1. The van der Waals surface area contributed by atoms with Crippen LogP contribution >= 0.6 is 0 Å². The predicted octanol–water partition coefficient (Wildman–Crippen LogP) is 1.39. The van der Waals surface area contributed by atoms with E-state index in [0.717, 1.165) is 25.1 Å². The van der Waals surface area contributed by atoms with Gasteiger partial charge in [-0.05, 0) is 33.1 Å². The average Bonchev–Trinajstić information content (AvgIpc) is 2.65. The molecule has 4 nitrogen and oxygen atoms in total. The molecule has 0 amide bonds. The lowest BCUT2D eigenvalue weighted by Crippen LogP contribution is -2.28. The number of benzene rings is 1. The van der Waals surface area contributed by atoms with Crippen molar-refractivity contribution in [2.24, 2.45) is 12.8 Å². The second-order valence-corrected chi connectivity index (χ2v) is 5.14. The highest BCUT2D eigenvalue weighted by Crippen LogP contribution is 2.18. The van der Waals surface area contributed by atoms with Crippen molar-refractivity contribution in [3.05, 3.63) is 30.0 Å². The van der Waals surface area contributed by atoms with Gasteiger partial charge in [-0.2, -0.15) is 5.10 Å². The van der Waals surface area contributed by atoms with Gasteiger partial charge in [-0.25, -0.2) is 0 Å². The minimum Gasteiger partial charge on any atom is -0.327 e. The van der Waals surface area contributed by atoms with E-state index in [0.29, 0.717) is 0 Å². The zero-order valence-electron chi connectivity index (χ0n) is 11.4. The Morgan fingerprint density at radius 2 is 2.06 bits per heavy atom. The van der Waals surface area contributed by atoms with Crippen molar-refractivity contribution in [1.82, 2.24) is 14.7 Å². The largest absolute Gasteiger partial charge is 0.327 e. The van der Waals surface area contributed by atoms with Crippen LogP contribution in [0.3, 0.4) is 0 Å². The van der Waals surface area contributed by atoms with E-state index in [1.807, 2.05) is 17.8 Å². The second-order valence-electron chi connectivity index (χ2n) is 5.14. The number of rotatable bonds is 5. The van der Waals surface area contributed by atoms with Crippen molar-refractivity contribution in [2.75, 3.05) is 20.6 Å². The summed E-state index contributed by atoms with van der Waals surface area (Å²) in [7, 11) is 6.13. The number of hydrogen-bond acceptors (Lipinski definition) is 3. The van der Waals surface area contributed by atoms with Crippen LogP contribution in [0.25, 0.3) is 10.9 Å². The Balaban J connectivity index is 2.12. The third-order valence-corrected chi connectivity index (χ3v) is 3.24. The number of nitrogens with zero attached hydrogens (tertiary/aromatic N) is 3. The highest BCUT2D eigenvalue weighted by molar-refractivity contribution is 5.81. The molecule has 0 aliphatic carbocycles. The lowest BCUT2D eigenvalue weighted by molar-refractivity contribution is 0.379. The van der Waals surface area contributed by atoms with Gasteiger partial charge in [0.05, 0.1) is 11.2 Å². The first kappa shape index (κ1) is 13.1. The maximum Gasteiger partial charge on any atom is 0.0718 e. The molecule has 1 aromatic carbocycles. The standard InChI is InChI=1S/C14H22N4/c1-17(2)9-8-11(15)10-13-12-6-4-5-7-14(12)18(3)16-13/h4-7,11H,8-10,15H2,1-3H3. The van der Waals surface area contributed by atoms with Crippen molar-refractivity contribution < 1.29 is 0 Å². The molecule has 98 valence electrons. The molecule has 1 unspecified atom stereocenters. The summed E-state index contributed by atoms with van der Waals surface area (Å²) in [5.74, 6) is 0. The van der Waals surface area contributed by atoms with Crippen molar-refractivity contribution in [3.63, 3.8) is 0 Å². The molecular weight excluding hydrogens is 224 g/mol. The van der Waals surface area contributed by atoms with E-state index < -0.39 is 0 Å². The molecule has 0 saturated carbocycles. The van der Waals surface area contributed by atoms with E-state index >= 15 is 0 Å². The summed E-state index contributed by atoms with van der Waals surface area (Å²) in [5.41, 5.74) is 8.46. The normalized spacial score (nSPS) is 13.4. The van der Waals surface area contributed by atoms with E-state index in [4.69, 9.17) is 5.73 Å². The maximum atomic E-state index is 6.18. The third-order valence-electron chi connectivity index (χ3n) is 3.24. The van der Waals surface area contributed by atoms with Crippen molar-refractivity contribution >= 4 is 10.9 Å². The average molecular weight is 246 g/mol. The van der Waals surface area contributed by atoms with Crippen LogP contribution in [0.4, 0.5) is 0 Å². The van der Waals surface area contributed by atoms with Crippen LogP contribution in [0.2, 0.25) is 0 Å². The van der Waals surface area contributed by atoms with E-state index in [1.165, 1.54) is 10.9 Å². The fourth-order valence-electron chi connectivity index (χ4n) is 2.21. The minimum absolute atomic E-state index is 0.172. The zero-order chi connectivity index (χ0) is 13.1. The van der Waals surface area contributed by atoms with Crippen LogP contribution in [0.5, 0.6) is 0 Å². The molecule has 1 atom stereocenters. The monoisotopic (exact) mass is 246 g/mol. The van der Waals surface area contributed by atoms with Crippen LogP contribution < -0.4 is 5.73 Å². The van der Waals surface area contributed by atoms with Crippen LogP contribution in [0.15, 0.2) is 24.3 Å². The number of nitrogens with two attached hydrogens (primary N) is 1. The topological polar surface area (TPSA) is 47.1 Å². The van der Waals surface area contributed by atoms with Crippen molar-refractivity contribution in [3.8, 4) is 0 Å². The summed E-state index contributed by atoms with van der Waals surface area (Å²) in [5, 5.41) is 5.80. The summed E-state index contributed by atoms with van der Waals surface area (Å²) in [6.07, 6.45) is 1.84. The summed E-state index contributed by atoms with van der Waals surface area (Å²) in [6.45, 7) is 1.02. The first-order valence-corrected chi connectivity index (χ1v) is 6.39. The molecule has 0 aliphatic heterocycles. The maximum absolute atomic E-state index is 6.18. The lowest BCUT2D eigenvalue weighted by Gasteiger charge is -2.14. The fourth-order valence-corrected chi connectivity index (χ4v) is 2.21. The van der Waals surface area contributed by atoms with E-state index in [2.05, 4.69) is 42.3 Å². The van der Waals surface area contributed by atoms with Gasteiger partial charge in [0.2, 0.25) is 0 Å². The Morgan fingerprint density at radius 1 is 1.33 bits per heavy atom. The number of fused-ring (bicyclic) bond motifs is 1. The minimum atomic E-state index is 0.172. The van der Waals surface area contributed by atoms with Gasteiger partial charge in [-0.15, -0.1) is 0 Å². The van der Waals surface area contributed by atoms with Crippen LogP contribution in [0.1, 0.15) is 12.1 Å². The van der Waals surface area contributed by atoms with Crippen LogP contribution in [0, 0.1) is 0 Å². The van der Waals surface area contributed by atoms with Gasteiger partial charge in [0.25, 0.3) is 0 Å². The molecule has 0 spiro atoms. The Bertz CT molecular complexity index is 515.